The Morgan fingerprint density at radius 2 is 2.07 bits per heavy atom. The Morgan fingerprint density at radius 3 is 2.67 bits per heavy atom. The van der Waals surface area contributed by atoms with Crippen LogP contribution < -0.4 is 5.32 Å². The molecule has 0 unspecified atom stereocenters. The lowest BCUT2D eigenvalue weighted by Gasteiger charge is -2.24. The Morgan fingerprint density at radius 1 is 1.27 bits per heavy atom. The smallest absolute Gasteiger partial charge is 0.135 e. The van der Waals surface area contributed by atoms with Crippen molar-refractivity contribution in [1.29, 1.82) is 0 Å². The van der Waals surface area contributed by atoms with E-state index in [1.807, 2.05) is 6.07 Å². The van der Waals surface area contributed by atoms with Crippen LogP contribution in [0, 0.1) is 0 Å². The van der Waals surface area contributed by atoms with Gasteiger partial charge in [-0.25, -0.2) is 4.98 Å². The molecule has 1 saturated heterocycles. The van der Waals surface area contributed by atoms with Crippen molar-refractivity contribution in [2.45, 2.75) is 25.3 Å². The fraction of sp³-hybridized carbons (Fsp3) is 0.500. The lowest BCUT2D eigenvalue weighted by molar-refractivity contribution is 0.412. The Labute approximate surface area is 106 Å². The molecule has 2 nitrogen and oxygen atoms in total. The van der Waals surface area contributed by atoms with Gasteiger partial charge in [-0.1, -0.05) is 35.7 Å². The maximum Gasteiger partial charge on any atom is 0.135 e. The molecule has 1 atom stereocenters. The van der Waals surface area contributed by atoms with Gasteiger partial charge in [0.15, 0.2) is 0 Å². The minimum Gasteiger partial charge on any atom is -0.310 e. The molecule has 1 N–H and O–H groups in total. The molecule has 0 radical (unpaired) electrons. The quantitative estimate of drug-likeness (QED) is 0.786. The first-order valence-corrected chi connectivity index (χ1v) is 5.58. The van der Waals surface area contributed by atoms with Crippen LogP contribution in [0.4, 0.5) is 0 Å². The molecule has 0 aromatic carbocycles. The lowest BCUT2D eigenvalue weighted by Crippen LogP contribution is -2.27. The largest absolute Gasteiger partial charge is 0.310 e. The number of piperidine rings is 1. The highest BCUT2D eigenvalue weighted by molar-refractivity contribution is 6.32. The third-order valence-corrected chi connectivity index (χ3v) is 3.04. The first kappa shape index (κ1) is 13.0. The van der Waals surface area contributed by atoms with E-state index in [1.54, 1.807) is 6.07 Å². The molecule has 15 heavy (non-hydrogen) atoms. The van der Waals surface area contributed by atoms with Gasteiger partial charge in [0.05, 0.1) is 0 Å². The Hall–Kier alpha value is -0.0200. The second-order valence-corrected chi connectivity index (χ2v) is 4.26. The number of nitrogens with one attached hydrogen (secondary N) is 1. The minimum atomic E-state index is 0. The van der Waals surface area contributed by atoms with Gasteiger partial charge in [0.25, 0.3) is 0 Å². The maximum atomic E-state index is 6.03. The third kappa shape index (κ3) is 3.22. The summed E-state index contributed by atoms with van der Waals surface area (Å²) in [5.41, 5.74) is 1.07. The van der Waals surface area contributed by atoms with Crippen LogP contribution in [0.1, 0.15) is 30.9 Å². The van der Waals surface area contributed by atoms with Gasteiger partial charge in [-0.2, -0.15) is 0 Å². The monoisotopic (exact) mass is 266 g/mol. The topological polar surface area (TPSA) is 24.9 Å². The van der Waals surface area contributed by atoms with Crippen molar-refractivity contribution in [3.63, 3.8) is 0 Å². The normalized spacial score (nSPS) is 20.8. The SMILES string of the molecule is Cl.Clc1ccc([C@@H]2CCCCN2)c(Cl)n1. The van der Waals surface area contributed by atoms with E-state index >= 15 is 0 Å². The van der Waals surface area contributed by atoms with Gasteiger partial charge in [0.1, 0.15) is 10.3 Å². The standard InChI is InChI=1S/C10H12Cl2N2.ClH/c11-9-5-4-7(10(12)14-9)8-3-1-2-6-13-8;/h4-5,8,13H,1-3,6H2;1H/t8-;/m0./s1. The van der Waals surface area contributed by atoms with Crippen LogP contribution in [0.2, 0.25) is 10.3 Å². The van der Waals surface area contributed by atoms with Crippen molar-refractivity contribution in [2.75, 3.05) is 6.54 Å². The molecule has 0 amide bonds. The van der Waals surface area contributed by atoms with E-state index in [4.69, 9.17) is 23.2 Å². The van der Waals surface area contributed by atoms with Gasteiger partial charge < -0.3 is 5.32 Å². The number of aromatic nitrogens is 1. The fourth-order valence-corrected chi connectivity index (χ4v) is 2.28. The van der Waals surface area contributed by atoms with Crippen LogP contribution in [0.25, 0.3) is 0 Å². The summed E-state index contributed by atoms with van der Waals surface area (Å²) >= 11 is 11.8. The zero-order valence-electron chi connectivity index (χ0n) is 8.17. The molecule has 5 heteroatoms. The molecular weight excluding hydrogens is 254 g/mol. The molecule has 1 aliphatic rings. The summed E-state index contributed by atoms with van der Waals surface area (Å²) in [7, 11) is 0. The molecule has 2 heterocycles. The summed E-state index contributed by atoms with van der Waals surface area (Å²) in [5.74, 6) is 0. The highest BCUT2D eigenvalue weighted by Gasteiger charge is 2.17. The predicted molar refractivity (Wildman–Crippen MR) is 66.1 cm³/mol. The van der Waals surface area contributed by atoms with E-state index in [-0.39, 0.29) is 12.4 Å². The second-order valence-electron chi connectivity index (χ2n) is 3.52. The number of hydrogen-bond donors (Lipinski definition) is 1. The first-order chi connectivity index (χ1) is 6.77. The Balaban J connectivity index is 0.00000112. The van der Waals surface area contributed by atoms with Crippen molar-refractivity contribution in [2.24, 2.45) is 0 Å². The molecule has 0 saturated carbocycles. The van der Waals surface area contributed by atoms with Gasteiger partial charge in [-0.3, -0.25) is 0 Å². The minimum absolute atomic E-state index is 0. The molecule has 84 valence electrons. The molecule has 1 aliphatic heterocycles. The lowest BCUT2D eigenvalue weighted by atomic mass is 9.99. The highest BCUT2D eigenvalue weighted by Crippen LogP contribution is 2.28. The number of halogens is 3. The van der Waals surface area contributed by atoms with Crippen molar-refractivity contribution >= 4 is 35.6 Å². The van der Waals surface area contributed by atoms with Crippen LogP contribution in [-0.4, -0.2) is 11.5 Å². The summed E-state index contributed by atoms with van der Waals surface area (Å²) in [6.07, 6.45) is 3.62. The van der Waals surface area contributed by atoms with E-state index in [9.17, 15) is 0 Å². The van der Waals surface area contributed by atoms with Crippen LogP contribution in [0.5, 0.6) is 0 Å². The van der Waals surface area contributed by atoms with Crippen LogP contribution in [0.3, 0.4) is 0 Å². The zero-order chi connectivity index (χ0) is 9.97. The van der Waals surface area contributed by atoms with Crippen LogP contribution in [-0.2, 0) is 0 Å². The molecular formula is C10H13Cl3N2. The predicted octanol–water partition coefficient (Wildman–Crippen LogP) is 3.62. The number of rotatable bonds is 1. The van der Waals surface area contributed by atoms with Gasteiger partial charge >= 0.3 is 0 Å². The third-order valence-electron chi connectivity index (χ3n) is 2.53. The van der Waals surface area contributed by atoms with E-state index in [0.29, 0.717) is 16.3 Å². The van der Waals surface area contributed by atoms with Crippen molar-refractivity contribution in [3.05, 3.63) is 28.0 Å². The van der Waals surface area contributed by atoms with E-state index < -0.39 is 0 Å². The van der Waals surface area contributed by atoms with Gasteiger partial charge in [-0.15, -0.1) is 12.4 Å². The van der Waals surface area contributed by atoms with Crippen molar-refractivity contribution < 1.29 is 0 Å². The molecule has 1 fully saturated rings. The maximum absolute atomic E-state index is 6.03. The molecule has 1 aromatic heterocycles. The summed E-state index contributed by atoms with van der Waals surface area (Å²) in [5, 5.41) is 4.41. The summed E-state index contributed by atoms with van der Waals surface area (Å²) in [4.78, 5) is 4.04. The van der Waals surface area contributed by atoms with Crippen molar-refractivity contribution in [3.8, 4) is 0 Å². The Kier molecular flexibility index (Phi) is 5.13. The first-order valence-electron chi connectivity index (χ1n) is 4.83. The number of hydrogen-bond acceptors (Lipinski definition) is 2. The second kappa shape index (κ2) is 5.90. The molecule has 0 aliphatic carbocycles. The number of pyridine rings is 1. The van der Waals surface area contributed by atoms with Crippen LogP contribution >= 0.6 is 35.6 Å². The number of nitrogens with zero attached hydrogens (tertiary/aromatic N) is 1. The average Bonchev–Trinajstić information content (AvgIpc) is 2.19. The summed E-state index contributed by atoms with van der Waals surface area (Å²) < 4.78 is 0. The van der Waals surface area contributed by atoms with E-state index in [2.05, 4.69) is 10.3 Å². The molecule has 2 rings (SSSR count). The highest BCUT2D eigenvalue weighted by atomic mass is 35.5. The van der Waals surface area contributed by atoms with Gasteiger partial charge in [0, 0.05) is 11.6 Å². The van der Waals surface area contributed by atoms with Gasteiger partial charge in [0.2, 0.25) is 0 Å². The van der Waals surface area contributed by atoms with Gasteiger partial charge in [-0.05, 0) is 25.5 Å². The summed E-state index contributed by atoms with van der Waals surface area (Å²) in [6, 6.07) is 4.10. The molecule has 0 bridgehead atoms. The Bertz CT molecular complexity index is 324. The molecule has 0 spiro atoms. The summed E-state index contributed by atoms with van der Waals surface area (Å²) in [6.45, 7) is 1.06. The molecule has 1 aromatic rings. The van der Waals surface area contributed by atoms with Crippen LogP contribution in [0.15, 0.2) is 12.1 Å². The average molecular weight is 268 g/mol. The van der Waals surface area contributed by atoms with Crippen molar-refractivity contribution in [1.82, 2.24) is 10.3 Å². The van der Waals surface area contributed by atoms with E-state index in [1.165, 1.54) is 12.8 Å². The fourth-order valence-electron chi connectivity index (χ4n) is 1.80. The van der Waals surface area contributed by atoms with E-state index in [0.717, 1.165) is 18.5 Å². The zero-order valence-corrected chi connectivity index (χ0v) is 10.5.